The Morgan fingerprint density at radius 1 is 0.744 bits per heavy atom. The summed E-state index contributed by atoms with van der Waals surface area (Å²) in [5.74, 6) is -0.253. The van der Waals surface area contributed by atoms with E-state index in [0.29, 0.717) is 29.3 Å². The van der Waals surface area contributed by atoms with Gasteiger partial charge in [0, 0.05) is 16.3 Å². The number of para-hydroxylation sites is 1. The number of thioether (sulfide) groups is 1. The molecule has 0 aliphatic heterocycles. The van der Waals surface area contributed by atoms with E-state index in [2.05, 4.69) is 10.6 Å². The predicted molar refractivity (Wildman–Crippen MR) is 153 cm³/mol. The van der Waals surface area contributed by atoms with Gasteiger partial charge in [0.25, 0.3) is 5.91 Å². The van der Waals surface area contributed by atoms with Gasteiger partial charge in [-0.15, -0.1) is 11.8 Å². The molecule has 0 spiro atoms. The summed E-state index contributed by atoms with van der Waals surface area (Å²) in [5.41, 5.74) is 2.47. The van der Waals surface area contributed by atoms with E-state index in [1.807, 2.05) is 60.7 Å². The van der Waals surface area contributed by atoms with Crippen LogP contribution < -0.4 is 15.4 Å². The van der Waals surface area contributed by atoms with Crippen molar-refractivity contribution >= 4 is 40.9 Å². The van der Waals surface area contributed by atoms with E-state index in [4.69, 9.17) is 9.47 Å². The van der Waals surface area contributed by atoms with Crippen LogP contribution >= 0.6 is 11.8 Å². The SMILES string of the molecule is CCOC(=O)c1ccc(NC(=O)C(Sc2ccc(NC(=O)COc3ccccc3)cc2)c2ccccc2)cc1. The number of carbonyl (C=O) groups excluding carboxylic acids is 3. The number of anilines is 2. The van der Waals surface area contributed by atoms with Gasteiger partial charge in [-0.1, -0.05) is 48.5 Å². The second kappa shape index (κ2) is 13.8. The molecule has 8 heteroatoms. The van der Waals surface area contributed by atoms with Gasteiger partial charge in [-0.05, 0) is 73.2 Å². The number of hydrogen-bond donors (Lipinski definition) is 2. The zero-order chi connectivity index (χ0) is 27.5. The largest absolute Gasteiger partial charge is 0.484 e. The molecule has 2 amide bonds. The second-order valence-corrected chi connectivity index (χ2v) is 9.55. The Hall–Kier alpha value is -4.56. The van der Waals surface area contributed by atoms with Gasteiger partial charge in [0.1, 0.15) is 11.0 Å². The van der Waals surface area contributed by atoms with Crippen molar-refractivity contribution in [1.29, 1.82) is 0 Å². The van der Waals surface area contributed by atoms with Crippen LogP contribution in [0.3, 0.4) is 0 Å². The number of nitrogens with one attached hydrogen (secondary N) is 2. The normalized spacial score (nSPS) is 11.2. The Labute approximate surface area is 231 Å². The maximum absolute atomic E-state index is 13.3. The smallest absolute Gasteiger partial charge is 0.338 e. The van der Waals surface area contributed by atoms with Gasteiger partial charge < -0.3 is 20.1 Å². The highest BCUT2D eigenvalue weighted by atomic mass is 32.2. The first-order valence-corrected chi connectivity index (χ1v) is 13.3. The topological polar surface area (TPSA) is 93.7 Å². The Kier molecular flexibility index (Phi) is 9.74. The number of rotatable bonds is 11. The zero-order valence-corrected chi connectivity index (χ0v) is 22.1. The molecule has 4 aromatic rings. The monoisotopic (exact) mass is 540 g/mol. The molecule has 0 saturated carbocycles. The van der Waals surface area contributed by atoms with Gasteiger partial charge in [0.05, 0.1) is 12.2 Å². The molecular weight excluding hydrogens is 512 g/mol. The van der Waals surface area contributed by atoms with E-state index in [9.17, 15) is 14.4 Å². The Morgan fingerprint density at radius 3 is 1.97 bits per heavy atom. The summed E-state index contributed by atoms with van der Waals surface area (Å²) >= 11 is 1.40. The lowest BCUT2D eigenvalue weighted by Gasteiger charge is -2.17. The van der Waals surface area contributed by atoms with Crippen LogP contribution in [0.5, 0.6) is 5.75 Å². The Morgan fingerprint density at radius 2 is 1.33 bits per heavy atom. The highest BCUT2D eigenvalue weighted by Gasteiger charge is 2.22. The molecule has 1 atom stereocenters. The summed E-state index contributed by atoms with van der Waals surface area (Å²) in [6.45, 7) is 1.94. The molecule has 198 valence electrons. The van der Waals surface area contributed by atoms with Gasteiger partial charge in [-0.3, -0.25) is 9.59 Å². The first kappa shape index (κ1) is 27.5. The second-order valence-electron chi connectivity index (χ2n) is 8.37. The lowest BCUT2D eigenvalue weighted by molar-refractivity contribution is -0.118. The average molecular weight is 541 g/mol. The third-order valence-electron chi connectivity index (χ3n) is 5.51. The molecule has 7 nitrogen and oxygen atoms in total. The molecule has 1 unspecified atom stereocenters. The molecule has 0 radical (unpaired) electrons. The quantitative estimate of drug-likeness (QED) is 0.170. The van der Waals surface area contributed by atoms with Gasteiger partial charge in [-0.25, -0.2) is 4.79 Å². The van der Waals surface area contributed by atoms with E-state index < -0.39 is 11.2 Å². The van der Waals surface area contributed by atoms with Gasteiger partial charge in [0.2, 0.25) is 5.91 Å². The molecule has 0 aromatic heterocycles. The lowest BCUT2D eigenvalue weighted by atomic mass is 10.1. The van der Waals surface area contributed by atoms with E-state index in [1.165, 1.54) is 11.8 Å². The minimum absolute atomic E-state index is 0.0997. The maximum Gasteiger partial charge on any atom is 0.338 e. The van der Waals surface area contributed by atoms with Crippen LogP contribution in [0.4, 0.5) is 11.4 Å². The van der Waals surface area contributed by atoms with Crippen molar-refractivity contribution in [1.82, 2.24) is 0 Å². The van der Waals surface area contributed by atoms with Crippen LogP contribution in [-0.2, 0) is 14.3 Å². The van der Waals surface area contributed by atoms with Crippen molar-refractivity contribution in [2.24, 2.45) is 0 Å². The minimum Gasteiger partial charge on any atom is -0.484 e. The van der Waals surface area contributed by atoms with Crippen LogP contribution in [0.15, 0.2) is 114 Å². The molecular formula is C31H28N2O5S. The molecule has 0 aliphatic rings. The lowest BCUT2D eigenvalue weighted by Crippen LogP contribution is -2.20. The van der Waals surface area contributed by atoms with Crippen LogP contribution in [-0.4, -0.2) is 31.0 Å². The van der Waals surface area contributed by atoms with Gasteiger partial charge in [-0.2, -0.15) is 0 Å². The first-order valence-electron chi connectivity index (χ1n) is 12.4. The fraction of sp³-hybridized carbons (Fsp3) is 0.129. The highest BCUT2D eigenvalue weighted by Crippen LogP contribution is 2.36. The van der Waals surface area contributed by atoms with E-state index in [1.54, 1.807) is 55.5 Å². The molecule has 0 aliphatic carbocycles. The summed E-state index contributed by atoms with van der Waals surface area (Å²) in [6, 6.07) is 32.5. The summed E-state index contributed by atoms with van der Waals surface area (Å²) in [4.78, 5) is 38.4. The van der Waals surface area contributed by atoms with E-state index in [-0.39, 0.29) is 18.4 Å². The summed E-state index contributed by atoms with van der Waals surface area (Å²) < 4.78 is 10.5. The molecule has 4 rings (SSSR count). The molecule has 0 bridgehead atoms. The van der Waals surface area contributed by atoms with Crippen molar-refractivity contribution in [2.45, 2.75) is 17.1 Å². The summed E-state index contributed by atoms with van der Waals surface area (Å²) in [5, 5.41) is 5.22. The standard InChI is InChI=1S/C31H28N2O5S/c1-2-37-31(36)23-13-15-25(16-14-23)33-30(35)29(22-9-5-3-6-10-22)39-27-19-17-24(18-20-27)32-28(34)21-38-26-11-7-4-8-12-26/h3-20,29H,2,21H2,1H3,(H,32,34)(H,33,35). The van der Waals surface area contributed by atoms with E-state index >= 15 is 0 Å². The van der Waals surface area contributed by atoms with Crippen LogP contribution in [0.25, 0.3) is 0 Å². The Balaban J connectivity index is 1.39. The highest BCUT2D eigenvalue weighted by molar-refractivity contribution is 8.00. The van der Waals surface area contributed by atoms with Crippen molar-refractivity contribution in [2.75, 3.05) is 23.8 Å². The third-order valence-corrected chi connectivity index (χ3v) is 6.78. The molecule has 0 saturated heterocycles. The molecule has 2 N–H and O–H groups in total. The molecule has 0 heterocycles. The number of benzene rings is 4. The Bertz CT molecular complexity index is 1380. The number of esters is 1. The summed E-state index contributed by atoms with van der Waals surface area (Å²) in [7, 11) is 0. The fourth-order valence-corrected chi connectivity index (χ4v) is 4.65. The fourth-order valence-electron chi connectivity index (χ4n) is 3.63. The predicted octanol–water partition coefficient (Wildman–Crippen LogP) is 6.35. The third kappa shape index (κ3) is 8.21. The van der Waals surface area contributed by atoms with Crippen LogP contribution in [0.1, 0.15) is 28.1 Å². The maximum atomic E-state index is 13.3. The number of ether oxygens (including phenoxy) is 2. The number of amides is 2. The minimum atomic E-state index is -0.532. The zero-order valence-electron chi connectivity index (χ0n) is 21.3. The van der Waals surface area contributed by atoms with Crippen LogP contribution in [0.2, 0.25) is 0 Å². The first-order chi connectivity index (χ1) is 19.0. The van der Waals surface area contributed by atoms with Crippen molar-refractivity contribution in [3.63, 3.8) is 0 Å². The molecule has 39 heavy (non-hydrogen) atoms. The molecule has 0 fully saturated rings. The summed E-state index contributed by atoms with van der Waals surface area (Å²) in [6.07, 6.45) is 0. The van der Waals surface area contributed by atoms with Gasteiger partial charge >= 0.3 is 5.97 Å². The van der Waals surface area contributed by atoms with Gasteiger partial charge in [0.15, 0.2) is 6.61 Å². The van der Waals surface area contributed by atoms with E-state index in [0.717, 1.165) is 10.5 Å². The van der Waals surface area contributed by atoms with Crippen LogP contribution in [0, 0.1) is 0 Å². The van der Waals surface area contributed by atoms with Crippen molar-refractivity contribution in [3.05, 3.63) is 120 Å². The average Bonchev–Trinajstić information content (AvgIpc) is 2.97. The van der Waals surface area contributed by atoms with Crippen molar-refractivity contribution in [3.8, 4) is 5.75 Å². The van der Waals surface area contributed by atoms with Crippen molar-refractivity contribution < 1.29 is 23.9 Å². The number of hydrogen-bond acceptors (Lipinski definition) is 6. The molecule has 4 aromatic carbocycles. The number of carbonyl (C=O) groups is 3.